The van der Waals surface area contributed by atoms with Gasteiger partial charge in [0.2, 0.25) is 0 Å². The fraction of sp³-hybridized carbons (Fsp3) is 0.500. The van der Waals surface area contributed by atoms with Crippen LogP contribution in [0.1, 0.15) is 41.9 Å². The number of nitrogens with zero attached hydrogens (tertiary/aromatic N) is 2. The maximum absolute atomic E-state index is 11.0. The summed E-state index contributed by atoms with van der Waals surface area (Å²) in [4.78, 5) is 15.5. The molecule has 1 unspecified atom stereocenters. The van der Waals surface area contributed by atoms with Gasteiger partial charge < -0.3 is 14.4 Å². The van der Waals surface area contributed by atoms with Gasteiger partial charge in [-0.05, 0) is 50.8 Å². The van der Waals surface area contributed by atoms with Crippen LogP contribution in [0, 0.1) is 6.92 Å². The molecule has 5 heteroatoms. The number of aromatic carboxylic acids is 1. The van der Waals surface area contributed by atoms with E-state index in [1.807, 2.05) is 13.0 Å². The average Bonchev–Trinajstić information content (AvgIpc) is 2.80. The fourth-order valence-electron chi connectivity index (χ4n) is 2.97. The van der Waals surface area contributed by atoms with Crippen LogP contribution in [0.5, 0.6) is 0 Å². The molecule has 1 aliphatic rings. The summed E-state index contributed by atoms with van der Waals surface area (Å²) in [6, 6.07) is 5.12. The molecule has 21 heavy (non-hydrogen) atoms. The Hall–Kier alpha value is -1.88. The molecule has 0 spiro atoms. The van der Waals surface area contributed by atoms with Crippen LogP contribution in [-0.2, 0) is 11.3 Å². The third-order valence-corrected chi connectivity index (χ3v) is 4.13. The van der Waals surface area contributed by atoms with E-state index in [9.17, 15) is 4.79 Å². The van der Waals surface area contributed by atoms with Crippen LogP contribution in [0.25, 0.3) is 11.0 Å². The van der Waals surface area contributed by atoms with Gasteiger partial charge in [-0.3, -0.25) is 0 Å². The number of rotatable bonds is 4. The highest BCUT2D eigenvalue weighted by atomic mass is 16.5. The van der Waals surface area contributed by atoms with Gasteiger partial charge in [0.05, 0.1) is 22.7 Å². The van der Waals surface area contributed by atoms with Crippen molar-refractivity contribution in [3.63, 3.8) is 0 Å². The summed E-state index contributed by atoms with van der Waals surface area (Å²) < 4.78 is 7.92. The van der Waals surface area contributed by atoms with Crippen LogP contribution in [0.3, 0.4) is 0 Å². The zero-order valence-electron chi connectivity index (χ0n) is 12.2. The van der Waals surface area contributed by atoms with E-state index in [2.05, 4.69) is 9.55 Å². The number of hydrogen-bond acceptors (Lipinski definition) is 3. The summed E-state index contributed by atoms with van der Waals surface area (Å²) in [5.74, 6) is 0.00283. The zero-order valence-corrected chi connectivity index (χ0v) is 12.2. The van der Waals surface area contributed by atoms with Crippen molar-refractivity contribution >= 4 is 17.0 Å². The molecule has 2 aromatic rings. The summed E-state index contributed by atoms with van der Waals surface area (Å²) in [5.41, 5.74) is 2.02. The predicted molar refractivity (Wildman–Crippen MR) is 79.6 cm³/mol. The second kappa shape index (κ2) is 5.85. The molecule has 5 nitrogen and oxygen atoms in total. The van der Waals surface area contributed by atoms with Crippen LogP contribution in [-0.4, -0.2) is 33.3 Å². The summed E-state index contributed by atoms with van der Waals surface area (Å²) in [5, 5.41) is 9.04. The van der Waals surface area contributed by atoms with E-state index < -0.39 is 5.97 Å². The van der Waals surface area contributed by atoms with E-state index in [0.717, 1.165) is 42.9 Å². The Kier molecular flexibility index (Phi) is 3.92. The second-order valence-electron chi connectivity index (χ2n) is 5.60. The van der Waals surface area contributed by atoms with Crippen molar-refractivity contribution in [2.75, 3.05) is 6.61 Å². The van der Waals surface area contributed by atoms with Crippen molar-refractivity contribution in [2.24, 2.45) is 0 Å². The number of aryl methyl sites for hydroxylation is 2. The van der Waals surface area contributed by atoms with Crippen LogP contribution in [0.15, 0.2) is 18.2 Å². The topological polar surface area (TPSA) is 64.3 Å². The van der Waals surface area contributed by atoms with Gasteiger partial charge in [-0.2, -0.15) is 0 Å². The first-order valence-electron chi connectivity index (χ1n) is 7.47. The third kappa shape index (κ3) is 2.93. The molecule has 1 fully saturated rings. The Bertz CT molecular complexity index is 657. The van der Waals surface area contributed by atoms with Gasteiger partial charge >= 0.3 is 5.97 Å². The number of aromatic nitrogens is 2. The van der Waals surface area contributed by atoms with Gasteiger partial charge in [0.25, 0.3) is 0 Å². The molecule has 0 saturated carbocycles. The highest BCUT2D eigenvalue weighted by molar-refractivity contribution is 5.92. The van der Waals surface area contributed by atoms with Gasteiger partial charge in [-0.1, -0.05) is 0 Å². The molecule has 0 bridgehead atoms. The molecule has 1 atom stereocenters. The lowest BCUT2D eigenvalue weighted by Crippen LogP contribution is -2.21. The lowest BCUT2D eigenvalue weighted by Gasteiger charge is -2.22. The molecule has 1 saturated heterocycles. The third-order valence-electron chi connectivity index (χ3n) is 4.13. The Balaban J connectivity index is 1.81. The molecule has 2 heterocycles. The Labute approximate surface area is 123 Å². The maximum atomic E-state index is 11.0. The van der Waals surface area contributed by atoms with Crippen molar-refractivity contribution in [1.82, 2.24) is 9.55 Å². The van der Waals surface area contributed by atoms with Gasteiger partial charge in [0.15, 0.2) is 0 Å². The first-order valence-corrected chi connectivity index (χ1v) is 7.47. The lowest BCUT2D eigenvalue weighted by atomic mass is 10.1. The first-order chi connectivity index (χ1) is 10.1. The average molecular weight is 288 g/mol. The first kappa shape index (κ1) is 14.1. The maximum Gasteiger partial charge on any atom is 0.335 e. The molecule has 1 aromatic carbocycles. The molecular formula is C16H20N2O3. The minimum absolute atomic E-state index is 0.280. The number of hydrogen-bond donors (Lipinski definition) is 1. The largest absolute Gasteiger partial charge is 0.478 e. The van der Waals surface area contributed by atoms with E-state index >= 15 is 0 Å². The van der Waals surface area contributed by atoms with Crippen LogP contribution in [0.4, 0.5) is 0 Å². The van der Waals surface area contributed by atoms with Crippen molar-refractivity contribution in [3.8, 4) is 0 Å². The standard InChI is InChI=1S/C16H20N2O3/c1-11-17-14-10-12(16(19)20)5-6-15(14)18(11)8-7-13-4-2-3-9-21-13/h5-6,10,13H,2-4,7-9H2,1H3,(H,19,20). The highest BCUT2D eigenvalue weighted by Gasteiger charge is 2.16. The summed E-state index contributed by atoms with van der Waals surface area (Å²) in [6.07, 6.45) is 4.87. The van der Waals surface area contributed by atoms with Crippen molar-refractivity contribution in [1.29, 1.82) is 0 Å². The Morgan fingerprint density at radius 1 is 1.48 bits per heavy atom. The van der Waals surface area contributed by atoms with E-state index in [0.29, 0.717) is 6.10 Å². The van der Waals surface area contributed by atoms with Crippen LogP contribution >= 0.6 is 0 Å². The van der Waals surface area contributed by atoms with Gasteiger partial charge in [-0.25, -0.2) is 9.78 Å². The molecular weight excluding hydrogens is 268 g/mol. The number of carboxylic acid groups (broad SMARTS) is 1. The van der Waals surface area contributed by atoms with Gasteiger partial charge in [0, 0.05) is 13.2 Å². The van der Waals surface area contributed by atoms with Crippen LogP contribution in [0.2, 0.25) is 0 Å². The van der Waals surface area contributed by atoms with Crippen molar-refractivity contribution < 1.29 is 14.6 Å². The molecule has 0 radical (unpaired) electrons. The molecule has 1 N–H and O–H groups in total. The van der Waals surface area contributed by atoms with E-state index in [-0.39, 0.29) is 5.56 Å². The Morgan fingerprint density at radius 3 is 3.05 bits per heavy atom. The zero-order chi connectivity index (χ0) is 14.8. The van der Waals surface area contributed by atoms with Crippen molar-refractivity contribution in [2.45, 2.75) is 45.3 Å². The minimum atomic E-state index is -0.917. The monoisotopic (exact) mass is 288 g/mol. The smallest absolute Gasteiger partial charge is 0.335 e. The molecule has 0 aliphatic carbocycles. The normalized spacial score (nSPS) is 19.0. The fourth-order valence-corrected chi connectivity index (χ4v) is 2.97. The minimum Gasteiger partial charge on any atom is -0.478 e. The quantitative estimate of drug-likeness (QED) is 0.939. The molecule has 1 aromatic heterocycles. The summed E-state index contributed by atoms with van der Waals surface area (Å²) >= 11 is 0. The predicted octanol–water partition coefficient (Wildman–Crippen LogP) is 3.00. The molecule has 3 rings (SSSR count). The van der Waals surface area contributed by atoms with Gasteiger partial charge in [0.1, 0.15) is 5.82 Å². The number of imidazole rings is 1. The second-order valence-corrected chi connectivity index (χ2v) is 5.60. The number of carboxylic acids is 1. The Morgan fingerprint density at radius 2 is 2.33 bits per heavy atom. The summed E-state index contributed by atoms with van der Waals surface area (Å²) in [7, 11) is 0. The van der Waals surface area contributed by atoms with E-state index in [4.69, 9.17) is 9.84 Å². The van der Waals surface area contributed by atoms with E-state index in [1.54, 1.807) is 12.1 Å². The SMILES string of the molecule is Cc1nc2cc(C(=O)O)ccc2n1CCC1CCCCO1. The number of fused-ring (bicyclic) bond motifs is 1. The highest BCUT2D eigenvalue weighted by Crippen LogP contribution is 2.21. The lowest BCUT2D eigenvalue weighted by molar-refractivity contribution is 0.00890. The van der Waals surface area contributed by atoms with Gasteiger partial charge in [-0.15, -0.1) is 0 Å². The summed E-state index contributed by atoms with van der Waals surface area (Å²) in [6.45, 7) is 3.69. The van der Waals surface area contributed by atoms with E-state index in [1.165, 1.54) is 12.8 Å². The molecule has 112 valence electrons. The molecule has 0 amide bonds. The van der Waals surface area contributed by atoms with Crippen LogP contribution < -0.4 is 0 Å². The molecule has 1 aliphatic heterocycles. The number of ether oxygens (including phenoxy) is 1. The number of carbonyl (C=O) groups is 1. The van der Waals surface area contributed by atoms with Crippen molar-refractivity contribution in [3.05, 3.63) is 29.6 Å². The number of benzene rings is 1.